The van der Waals surface area contributed by atoms with Crippen molar-refractivity contribution in [2.45, 2.75) is 25.8 Å². The number of aromatic nitrogens is 3. The molecule has 15 heavy (non-hydrogen) atoms. The summed E-state index contributed by atoms with van der Waals surface area (Å²) in [5.41, 5.74) is 0.706. The number of nitrogens with zero attached hydrogens (tertiary/aromatic N) is 3. The molecule has 1 aromatic rings. The van der Waals surface area contributed by atoms with Gasteiger partial charge in [0.25, 0.3) is 0 Å². The molecule has 2 heterocycles. The van der Waals surface area contributed by atoms with Gasteiger partial charge in [0.15, 0.2) is 5.15 Å². The molecule has 1 fully saturated rings. The van der Waals surface area contributed by atoms with E-state index < -0.39 is 0 Å². The Morgan fingerprint density at radius 2 is 2.33 bits per heavy atom. The van der Waals surface area contributed by atoms with Crippen molar-refractivity contribution in [2.75, 3.05) is 18.4 Å². The highest BCUT2D eigenvalue weighted by atomic mass is 35.5. The van der Waals surface area contributed by atoms with Crippen molar-refractivity contribution in [2.24, 2.45) is 0 Å². The van der Waals surface area contributed by atoms with Crippen LogP contribution in [0.3, 0.4) is 0 Å². The second-order valence-electron chi connectivity index (χ2n) is 3.70. The summed E-state index contributed by atoms with van der Waals surface area (Å²) < 4.78 is 0. The molecule has 6 heteroatoms. The average Bonchev–Trinajstić information content (AvgIpc) is 2.25. The van der Waals surface area contributed by atoms with Crippen LogP contribution in [0.1, 0.15) is 18.5 Å². The zero-order chi connectivity index (χ0) is 10.7. The summed E-state index contributed by atoms with van der Waals surface area (Å²) in [6.45, 7) is 3.86. The fourth-order valence-corrected chi connectivity index (χ4v) is 1.69. The molecule has 2 rings (SSSR count). The van der Waals surface area contributed by atoms with Gasteiger partial charge < -0.3 is 10.6 Å². The van der Waals surface area contributed by atoms with E-state index >= 15 is 0 Å². The van der Waals surface area contributed by atoms with Crippen LogP contribution in [0.4, 0.5) is 5.95 Å². The lowest BCUT2D eigenvalue weighted by atomic mass is 10.1. The van der Waals surface area contributed by atoms with Crippen LogP contribution >= 0.6 is 11.6 Å². The van der Waals surface area contributed by atoms with Crippen molar-refractivity contribution in [3.8, 4) is 0 Å². The molecule has 0 bridgehead atoms. The van der Waals surface area contributed by atoms with Gasteiger partial charge in [-0.2, -0.15) is 0 Å². The summed E-state index contributed by atoms with van der Waals surface area (Å²) in [5, 5.41) is 14.6. The molecule has 1 aliphatic heterocycles. The van der Waals surface area contributed by atoms with Gasteiger partial charge in [-0.15, -0.1) is 10.2 Å². The SMILES string of the molecule is Cc1nc(N[C@@H]2CCCNC2)nnc1Cl. The molecule has 1 saturated heterocycles. The van der Waals surface area contributed by atoms with E-state index in [9.17, 15) is 0 Å². The van der Waals surface area contributed by atoms with Gasteiger partial charge in [-0.1, -0.05) is 11.6 Å². The normalized spacial score (nSPS) is 21.3. The molecule has 2 N–H and O–H groups in total. The standard InChI is InChI=1S/C9H14ClN5/c1-6-8(10)14-15-9(12-6)13-7-3-2-4-11-5-7/h7,11H,2-5H2,1H3,(H,12,13,15)/t7-/m1/s1. The van der Waals surface area contributed by atoms with Gasteiger partial charge in [-0.3, -0.25) is 0 Å². The van der Waals surface area contributed by atoms with E-state index in [1.165, 1.54) is 6.42 Å². The van der Waals surface area contributed by atoms with Gasteiger partial charge in [-0.25, -0.2) is 4.98 Å². The lowest BCUT2D eigenvalue weighted by Gasteiger charge is -2.23. The molecule has 0 amide bonds. The van der Waals surface area contributed by atoms with Gasteiger partial charge in [0.1, 0.15) is 0 Å². The van der Waals surface area contributed by atoms with Crippen molar-refractivity contribution in [1.82, 2.24) is 20.5 Å². The first-order valence-corrected chi connectivity index (χ1v) is 5.47. The van der Waals surface area contributed by atoms with Crippen LogP contribution in [0.5, 0.6) is 0 Å². The quantitative estimate of drug-likeness (QED) is 0.789. The monoisotopic (exact) mass is 227 g/mol. The zero-order valence-electron chi connectivity index (χ0n) is 8.63. The fraction of sp³-hybridized carbons (Fsp3) is 0.667. The zero-order valence-corrected chi connectivity index (χ0v) is 9.38. The third kappa shape index (κ3) is 2.76. The second kappa shape index (κ2) is 4.72. The van der Waals surface area contributed by atoms with Gasteiger partial charge in [-0.05, 0) is 26.3 Å². The number of rotatable bonds is 2. The van der Waals surface area contributed by atoms with Gasteiger partial charge in [0, 0.05) is 12.6 Å². The first-order chi connectivity index (χ1) is 7.25. The lowest BCUT2D eigenvalue weighted by molar-refractivity contribution is 0.477. The maximum atomic E-state index is 5.75. The molecule has 0 aliphatic carbocycles. The topological polar surface area (TPSA) is 62.7 Å². The molecule has 1 aromatic heterocycles. The minimum absolute atomic E-state index is 0.363. The van der Waals surface area contributed by atoms with Crippen LogP contribution in [0.25, 0.3) is 0 Å². The predicted molar refractivity (Wildman–Crippen MR) is 59.1 cm³/mol. The number of nitrogens with one attached hydrogen (secondary N) is 2. The number of hydrogen-bond donors (Lipinski definition) is 2. The van der Waals surface area contributed by atoms with Crippen LogP contribution in [-0.2, 0) is 0 Å². The molecule has 0 aromatic carbocycles. The van der Waals surface area contributed by atoms with E-state index in [0.29, 0.717) is 22.8 Å². The molecule has 82 valence electrons. The Morgan fingerprint density at radius 3 is 3.00 bits per heavy atom. The summed E-state index contributed by atoms with van der Waals surface area (Å²) >= 11 is 5.75. The number of hydrogen-bond acceptors (Lipinski definition) is 5. The van der Waals surface area contributed by atoms with Crippen molar-refractivity contribution in [3.05, 3.63) is 10.8 Å². The second-order valence-corrected chi connectivity index (χ2v) is 4.06. The summed E-state index contributed by atoms with van der Waals surface area (Å²) in [6, 6.07) is 0.390. The van der Waals surface area contributed by atoms with E-state index in [1.807, 2.05) is 6.92 Å². The number of piperidine rings is 1. The van der Waals surface area contributed by atoms with Gasteiger partial charge in [0.05, 0.1) is 5.69 Å². The van der Waals surface area contributed by atoms with E-state index in [4.69, 9.17) is 11.6 Å². The number of halogens is 1. The van der Waals surface area contributed by atoms with Crippen LogP contribution in [0.2, 0.25) is 5.15 Å². The van der Waals surface area contributed by atoms with Gasteiger partial charge >= 0.3 is 0 Å². The molecule has 0 saturated carbocycles. The number of anilines is 1. The number of aryl methyl sites for hydroxylation is 1. The summed E-state index contributed by atoms with van der Waals surface area (Å²) in [5.74, 6) is 0.561. The molecule has 0 radical (unpaired) electrons. The molecule has 5 nitrogen and oxygen atoms in total. The van der Waals surface area contributed by atoms with Crippen LogP contribution in [0.15, 0.2) is 0 Å². The molecule has 1 atom stereocenters. The summed E-state index contributed by atoms with van der Waals surface area (Å²) in [4.78, 5) is 4.22. The van der Waals surface area contributed by atoms with Crippen molar-refractivity contribution in [1.29, 1.82) is 0 Å². The van der Waals surface area contributed by atoms with Crippen molar-refractivity contribution >= 4 is 17.5 Å². The first-order valence-electron chi connectivity index (χ1n) is 5.10. The van der Waals surface area contributed by atoms with Crippen molar-refractivity contribution in [3.63, 3.8) is 0 Å². The van der Waals surface area contributed by atoms with Crippen LogP contribution in [0, 0.1) is 6.92 Å². The Kier molecular flexibility index (Phi) is 3.33. The Bertz CT molecular complexity index is 337. The maximum Gasteiger partial charge on any atom is 0.243 e. The highest BCUT2D eigenvalue weighted by molar-refractivity contribution is 6.29. The third-order valence-corrected chi connectivity index (χ3v) is 2.78. The first kappa shape index (κ1) is 10.6. The third-order valence-electron chi connectivity index (χ3n) is 2.43. The van der Waals surface area contributed by atoms with Crippen LogP contribution < -0.4 is 10.6 Å². The summed E-state index contributed by atoms with van der Waals surface area (Å²) in [6.07, 6.45) is 2.32. The Hall–Kier alpha value is -0.940. The molecule has 0 spiro atoms. The average molecular weight is 228 g/mol. The Morgan fingerprint density at radius 1 is 1.47 bits per heavy atom. The maximum absolute atomic E-state index is 5.75. The van der Waals surface area contributed by atoms with Crippen molar-refractivity contribution < 1.29 is 0 Å². The minimum Gasteiger partial charge on any atom is -0.349 e. The highest BCUT2D eigenvalue weighted by Gasteiger charge is 2.14. The van der Waals surface area contributed by atoms with E-state index in [2.05, 4.69) is 25.8 Å². The smallest absolute Gasteiger partial charge is 0.243 e. The van der Waals surface area contributed by atoms with E-state index in [-0.39, 0.29) is 0 Å². The lowest BCUT2D eigenvalue weighted by Crippen LogP contribution is -2.38. The summed E-state index contributed by atoms with van der Waals surface area (Å²) in [7, 11) is 0. The predicted octanol–water partition coefficient (Wildman–Crippen LogP) is 0.997. The molecule has 0 unspecified atom stereocenters. The fourth-order valence-electron chi connectivity index (χ4n) is 1.61. The largest absolute Gasteiger partial charge is 0.349 e. The van der Waals surface area contributed by atoms with Gasteiger partial charge in [0.2, 0.25) is 5.95 Å². The highest BCUT2D eigenvalue weighted by Crippen LogP contribution is 2.11. The van der Waals surface area contributed by atoms with Crippen LogP contribution in [-0.4, -0.2) is 34.3 Å². The molecule has 1 aliphatic rings. The van der Waals surface area contributed by atoms with E-state index in [1.54, 1.807) is 0 Å². The molecular weight excluding hydrogens is 214 g/mol. The van der Waals surface area contributed by atoms with E-state index in [0.717, 1.165) is 19.5 Å². The minimum atomic E-state index is 0.363. The Balaban J connectivity index is 2.00. The molecular formula is C9H14ClN5. The Labute approximate surface area is 93.6 Å².